The average Bonchev–Trinajstić information content (AvgIpc) is 2.59. The van der Waals surface area contributed by atoms with E-state index in [1.165, 1.54) is 24.4 Å². The van der Waals surface area contributed by atoms with Crippen molar-refractivity contribution in [3.8, 4) is 0 Å². The molecule has 1 unspecified atom stereocenters. The smallest absolute Gasteiger partial charge is 0.428 e. The van der Waals surface area contributed by atoms with Crippen LogP contribution < -0.4 is 5.32 Å². The minimum atomic E-state index is -4.96. The molecule has 0 radical (unpaired) electrons. The van der Waals surface area contributed by atoms with Crippen LogP contribution in [0.3, 0.4) is 0 Å². The van der Waals surface area contributed by atoms with Gasteiger partial charge in [-0.05, 0) is 24.3 Å². The first kappa shape index (κ1) is 18.1. The highest BCUT2D eigenvalue weighted by Gasteiger charge is 2.62. The number of aromatic nitrogens is 2. The van der Waals surface area contributed by atoms with Crippen molar-refractivity contribution in [2.24, 2.45) is 0 Å². The molecule has 0 saturated heterocycles. The molecular formula is C16H11ClF3N3O3. The molecule has 1 amide bonds. The van der Waals surface area contributed by atoms with Crippen molar-refractivity contribution >= 4 is 29.2 Å². The van der Waals surface area contributed by atoms with Crippen molar-refractivity contribution in [1.29, 1.82) is 0 Å². The number of nitrogens with zero attached hydrogens (tertiary/aromatic N) is 2. The standard InChI is InChI=1S/C16H11ClF3N3O3/c17-9-1-2-11-10(7-9)15(16(18,19)20,26-14(25)23-11)5-3-13(24)12-4-6-21-8-22-12/h1-2,4,6-8H,3,5H2,(H,23,25). The Bertz CT molecular complexity index is 861. The number of alkyl halides is 3. The predicted octanol–water partition coefficient (Wildman–Crippen LogP) is 4.11. The zero-order valence-corrected chi connectivity index (χ0v) is 13.8. The number of halogens is 4. The van der Waals surface area contributed by atoms with E-state index in [1.54, 1.807) is 0 Å². The quantitative estimate of drug-likeness (QED) is 0.801. The topological polar surface area (TPSA) is 81.2 Å². The molecule has 1 aliphatic rings. The maximum absolute atomic E-state index is 13.9. The number of cyclic esters (lactones) is 1. The van der Waals surface area contributed by atoms with E-state index >= 15 is 0 Å². The number of benzene rings is 1. The number of hydrogen-bond acceptors (Lipinski definition) is 5. The molecule has 0 spiro atoms. The highest BCUT2D eigenvalue weighted by Crippen LogP contribution is 2.50. The predicted molar refractivity (Wildman–Crippen MR) is 84.9 cm³/mol. The molecule has 1 aliphatic heterocycles. The van der Waals surface area contributed by atoms with E-state index in [9.17, 15) is 22.8 Å². The summed E-state index contributed by atoms with van der Waals surface area (Å²) in [4.78, 5) is 31.3. The maximum atomic E-state index is 13.9. The van der Waals surface area contributed by atoms with Gasteiger partial charge in [0.25, 0.3) is 0 Å². The van der Waals surface area contributed by atoms with Crippen LogP contribution in [-0.4, -0.2) is 28.0 Å². The number of anilines is 1. The van der Waals surface area contributed by atoms with E-state index < -0.39 is 36.5 Å². The van der Waals surface area contributed by atoms with Crippen LogP contribution in [0.2, 0.25) is 5.02 Å². The van der Waals surface area contributed by atoms with Crippen molar-refractivity contribution in [3.05, 3.63) is 53.1 Å². The van der Waals surface area contributed by atoms with Crippen LogP contribution in [-0.2, 0) is 10.3 Å². The molecule has 0 bridgehead atoms. The van der Waals surface area contributed by atoms with Crippen LogP contribution in [0, 0.1) is 0 Å². The van der Waals surface area contributed by atoms with Crippen LogP contribution in [0.5, 0.6) is 0 Å². The molecule has 0 saturated carbocycles. The number of carbonyl (C=O) groups is 2. The Labute approximate surface area is 150 Å². The number of ether oxygens (including phenoxy) is 1. The molecule has 1 atom stereocenters. The van der Waals surface area contributed by atoms with Crippen LogP contribution in [0.1, 0.15) is 28.9 Å². The van der Waals surface area contributed by atoms with Crippen molar-refractivity contribution in [2.45, 2.75) is 24.6 Å². The lowest BCUT2D eigenvalue weighted by molar-refractivity contribution is -0.266. The van der Waals surface area contributed by atoms with Gasteiger partial charge in [-0.15, -0.1) is 0 Å². The van der Waals surface area contributed by atoms with Crippen LogP contribution in [0.4, 0.5) is 23.7 Å². The summed E-state index contributed by atoms with van der Waals surface area (Å²) in [6, 6.07) is 4.96. The van der Waals surface area contributed by atoms with E-state index in [-0.39, 0.29) is 22.0 Å². The number of hydrogen-bond donors (Lipinski definition) is 1. The minimum absolute atomic E-state index is 0.0242. The molecule has 136 valence electrons. The first-order valence-electron chi connectivity index (χ1n) is 7.39. The van der Waals surface area contributed by atoms with E-state index in [0.29, 0.717) is 0 Å². The van der Waals surface area contributed by atoms with E-state index in [4.69, 9.17) is 11.6 Å². The number of nitrogens with one attached hydrogen (secondary N) is 1. The Kier molecular flexibility index (Phi) is 4.57. The number of Topliss-reactive ketones (excluding diaryl/α,β-unsaturated/α-hetero) is 1. The van der Waals surface area contributed by atoms with Gasteiger partial charge < -0.3 is 4.74 Å². The molecule has 26 heavy (non-hydrogen) atoms. The Morgan fingerprint density at radius 3 is 2.73 bits per heavy atom. The number of amides is 1. The number of fused-ring (bicyclic) bond motifs is 1. The Hall–Kier alpha value is -2.68. The summed E-state index contributed by atoms with van der Waals surface area (Å²) in [6.07, 6.45) is -5.15. The van der Waals surface area contributed by atoms with Crippen molar-refractivity contribution < 1.29 is 27.5 Å². The molecule has 2 heterocycles. The van der Waals surface area contributed by atoms with Gasteiger partial charge in [-0.1, -0.05) is 11.6 Å². The SMILES string of the molecule is O=C1Nc2ccc(Cl)cc2C(CCC(=O)c2ccncn2)(C(F)(F)F)O1. The van der Waals surface area contributed by atoms with Crippen LogP contribution in [0.25, 0.3) is 0 Å². The Morgan fingerprint density at radius 2 is 2.08 bits per heavy atom. The summed E-state index contributed by atoms with van der Waals surface area (Å²) in [7, 11) is 0. The normalized spacial score (nSPS) is 19.3. The second-order valence-electron chi connectivity index (χ2n) is 5.55. The van der Waals surface area contributed by atoms with Gasteiger partial charge >= 0.3 is 12.3 Å². The van der Waals surface area contributed by atoms with Crippen molar-refractivity contribution in [1.82, 2.24) is 9.97 Å². The molecule has 2 aromatic rings. The lowest BCUT2D eigenvalue weighted by Gasteiger charge is -2.39. The molecule has 6 nitrogen and oxygen atoms in total. The van der Waals surface area contributed by atoms with Gasteiger partial charge in [-0.3, -0.25) is 10.1 Å². The molecule has 10 heteroatoms. The van der Waals surface area contributed by atoms with Gasteiger partial charge in [0.1, 0.15) is 12.0 Å². The third kappa shape index (κ3) is 3.22. The van der Waals surface area contributed by atoms with Gasteiger partial charge in [0.05, 0.1) is 5.69 Å². The number of carbonyl (C=O) groups excluding carboxylic acids is 2. The monoisotopic (exact) mass is 385 g/mol. The summed E-state index contributed by atoms with van der Waals surface area (Å²) in [5, 5.41) is 2.25. The highest BCUT2D eigenvalue weighted by atomic mass is 35.5. The van der Waals surface area contributed by atoms with Gasteiger partial charge in [0.2, 0.25) is 5.60 Å². The van der Waals surface area contributed by atoms with Crippen LogP contribution in [0.15, 0.2) is 36.8 Å². The summed E-state index contributed by atoms with van der Waals surface area (Å²) in [6.45, 7) is 0. The number of rotatable bonds is 4. The fourth-order valence-corrected chi connectivity index (χ4v) is 2.89. The second kappa shape index (κ2) is 6.56. The molecule has 3 rings (SSSR count). The molecule has 1 aromatic carbocycles. The van der Waals surface area contributed by atoms with Crippen molar-refractivity contribution in [2.75, 3.05) is 5.32 Å². The molecule has 1 N–H and O–H groups in total. The fraction of sp³-hybridized carbons (Fsp3) is 0.250. The summed E-state index contributed by atoms with van der Waals surface area (Å²) < 4.78 is 46.5. The lowest BCUT2D eigenvalue weighted by Crippen LogP contribution is -2.50. The molecule has 0 aliphatic carbocycles. The van der Waals surface area contributed by atoms with E-state index in [0.717, 1.165) is 12.4 Å². The second-order valence-corrected chi connectivity index (χ2v) is 5.98. The summed E-state index contributed by atoms with van der Waals surface area (Å²) in [5.74, 6) is -0.630. The molecule has 0 fully saturated rings. The van der Waals surface area contributed by atoms with Gasteiger partial charge in [0, 0.05) is 29.6 Å². The first-order chi connectivity index (χ1) is 12.2. The Balaban J connectivity index is 2.00. The van der Waals surface area contributed by atoms with Gasteiger partial charge in [-0.2, -0.15) is 13.2 Å². The third-order valence-electron chi connectivity index (χ3n) is 3.95. The molecule has 1 aromatic heterocycles. The van der Waals surface area contributed by atoms with Crippen LogP contribution >= 0.6 is 11.6 Å². The first-order valence-corrected chi connectivity index (χ1v) is 7.77. The van der Waals surface area contributed by atoms with Gasteiger partial charge in [-0.25, -0.2) is 14.8 Å². The molecular weight excluding hydrogens is 375 g/mol. The summed E-state index contributed by atoms with van der Waals surface area (Å²) >= 11 is 5.83. The third-order valence-corrected chi connectivity index (χ3v) is 4.19. The number of ketones is 1. The van der Waals surface area contributed by atoms with E-state index in [2.05, 4.69) is 20.0 Å². The minimum Gasteiger partial charge on any atom is -0.428 e. The zero-order chi connectivity index (χ0) is 18.9. The largest absolute Gasteiger partial charge is 0.432 e. The lowest BCUT2D eigenvalue weighted by atomic mass is 9.85. The fourth-order valence-electron chi connectivity index (χ4n) is 2.72. The Morgan fingerprint density at radius 1 is 1.31 bits per heavy atom. The zero-order valence-electron chi connectivity index (χ0n) is 13.0. The maximum Gasteiger partial charge on any atom is 0.432 e. The summed E-state index contributed by atoms with van der Waals surface area (Å²) in [5.41, 5.74) is -3.44. The van der Waals surface area contributed by atoms with Crippen molar-refractivity contribution in [3.63, 3.8) is 0 Å². The van der Waals surface area contributed by atoms with Gasteiger partial charge in [0.15, 0.2) is 5.78 Å². The highest BCUT2D eigenvalue weighted by molar-refractivity contribution is 6.30. The average molecular weight is 386 g/mol. The van der Waals surface area contributed by atoms with E-state index in [1.807, 2.05) is 0 Å².